The highest BCUT2D eigenvalue weighted by Gasteiger charge is 1.99. The van der Waals surface area contributed by atoms with E-state index in [-0.39, 0.29) is 0 Å². The average Bonchev–Trinajstić information content (AvgIpc) is 2.49. The van der Waals surface area contributed by atoms with E-state index in [1.54, 1.807) is 12.4 Å². The molecule has 3 N–H and O–H groups in total. The standard InChI is InChI=1S/C15H20N4/c16-9-5-2-6-10-17-15-12-18-14(11-19-15)13-7-3-1-4-8-13/h1,3-4,7-8,11-12H,2,5-6,9-10,16H2,(H,17,19). The van der Waals surface area contributed by atoms with E-state index in [9.17, 15) is 0 Å². The van der Waals surface area contributed by atoms with Gasteiger partial charge in [-0.3, -0.25) is 4.98 Å². The number of benzene rings is 1. The minimum atomic E-state index is 0.769. The van der Waals surface area contributed by atoms with Crippen molar-refractivity contribution in [1.29, 1.82) is 0 Å². The van der Waals surface area contributed by atoms with Crippen molar-refractivity contribution in [2.75, 3.05) is 18.4 Å². The molecule has 0 spiro atoms. The van der Waals surface area contributed by atoms with Crippen molar-refractivity contribution in [3.8, 4) is 11.3 Å². The molecule has 0 fully saturated rings. The molecule has 0 amide bonds. The van der Waals surface area contributed by atoms with Gasteiger partial charge in [0.15, 0.2) is 0 Å². The first-order valence-corrected chi connectivity index (χ1v) is 6.71. The highest BCUT2D eigenvalue weighted by Crippen LogP contribution is 2.15. The van der Waals surface area contributed by atoms with Gasteiger partial charge in [-0.2, -0.15) is 0 Å². The molecule has 1 aromatic heterocycles. The van der Waals surface area contributed by atoms with Crippen LogP contribution in [-0.4, -0.2) is 23.1 Å². The van der Waals surface area contributed by atoms with Gasteiger partial charge in [-0.05, 0) is 19.4 Å². The summed E-state index contributed by atoms with van der Waals surface area (Å²) in [6.45, 7) is 1.69. The van der Waals surface area contributed by atoms with Crippen molar-refractivity contribution in [3.05, 3.63) is 42.7 Å². The monoisotopic (exact) mass is 256 g/mol. The Hall–Kier alpha value is -1.94. The molecule has 1 aromatic carbocycles. The third-order valence-corrected chi connectivity index (χ3v) is 2.91. The second-order valence-corrected chi connectivity index (χ2v) is 4.43. The van der Waals surface area contributed by atoms with Crippen LogP contribution in [0, 0.1) is 0 Å². The first-order chi connectivity index (χ1) is 9.40. The third-order valence-electron chi connectivity index (χ3n) is 2.91. The summed E-state index contributed by atoms with van der Waals surface area (Å²) in [6, 6.07) is 10.1. The van der Waals surface area contributed by atoms with Gasteiger partial charge in [0.1, 0.15) is 5.82 Å². The maximum Gasteiger partial charge on any atom is 0.144 e. The van der Waals surface area contributed by atoms with Crippen LogP contribution in [0.25, 0.3) is 11.3 Å². The Morgan fingerprint density at radius 2 is 1.79 bits per heavy atom. The molecule has 0 unspecified atom stereocenters. The van der Waals surface area contributed by atoms with Gasteiger partial charge in [0.05, 0.1) is 18.1 Å². The van der Waals surface area contributed by atoms with Crippen LogP contribution < -0.4 is 11.1 Å². The quantitative estimate of drug-likeness (QED) is 0.748. The van der Waals surface area contributed by atoms with Gasteiger partial charge in [0.2, 0.25) is 0 Å². The number of anilines is 1. The molecule has 0 saturated carbocycles. The van der Waals surface area contributed by atoms with Crippen LogP contribution in [-0.2, 0) is 0 Å². The van der Waals surface area contributed by atoms with E-state index in [0.717, 1.165) is 49.4 Å². The van der Waals surface area contributed by atoms with Crippen LogP contribution in [0.3, 0.4) is 0 Å². The second kappa shape index (κ2) is 7.48. The maximum absolute atomic E-state index is 5.45. The largest absolute Gasteiger partial charge is 0.369 e. The lowest BCUT2D eigenvalue weighted by molar-refractivity contribution is 0.706. The highest BCUT2D eigenvalue weighted by atomic mass is 15.0. The van der Waals surface area contributed by atoms with Crippen molar-refractivity contribution in [3.63, 3.8) is 0 Å². The summed E-state index contributed by atoms with van der Waals surface area (Å²) in [6.07, 6.45) is 6.93. The van der Waals surface area contributed by atoms with Gasteiger partial charge in [0.25, 0.3) is 0 Å². The van der Waals surface area contributed by atoms with E-state index in [1.165, 1.54) is 0 Å². The van der Waals surface area contributed by atoms with Crippen molar-refractivity contribution < 1.29 is 0 Å². The van der Waals surface area contributed by atoms with E-state index in [1.807, 2.05) is 30.3 Å². The summed E-state index contributed by atoms with van der Waals surface area (Å²) < 4.78 is 0. The maximum atomic E-state index is 5.45. The molecule has 0 aliphatic heterocycles. The molecule has 0 aliphatic rings. The summed E-state index contributed by atoms with van der Waals surface area (Å²) in [7, 11) is 0. The minimum absolute atomic E-state index is 0.769. The summed E-state index contributed by atoms with van der Waals surface area (Å²) in [4.78, 5) is 8.79. The number of nitrogens with zero attached hydrogens (tertiary/aromatic N) is 2. The number of hydrogen-bond donors (Lipinski definition) is 2. The van der Waals surface area contributed by atoms with E-state index in [4.69, 9.17) is 5.73 Å². The van der Waals surface area contributed by atoms with Crippen LogP contribution in [0.1, 0.15) is 19.3 Å². The van der Waals surface area contributed by atoms with Gasteiger partial charge in [-0.1, -0.05) is 36.8 Å². The third kappa shape index (κ3) is 4.34. The first-order valence-electron chi connectivity index (χ1n) is 6.71. The van der Waals surface area contributed by atoms with Gasteiger partial charge in [-0.15, -0.1) is 0 Å². The molecule has 19 heavy (non-hydrogen) atoms. The Balaban J connectivity index is 1.85. The average molecular weight is 256 g/mol. The number of rotatable bonds is 7. The van der Waals surface area contributed by atoms with E-state index < -0.39 is 0 Å². The Kier molecular flexibility index (Phi) is 5.31. The molecule has 0 aliphatic carbocycles. The first kappa shape index (κ1) is 13.5. The number of nitrogens with two attached hydrogens (primary N) is 1. The SMILES string of the molecule is NCCCCCNc1cnc(-c2ccccc2)cn1. The molecule has 4 nitrogen and oxygen atoms in total. The summed E-state index contributed by atoms with van der Waals surface area (Å²) in [5, 5.41) is 3.27. The Bertz CT molecular complexity index is 467. The smallest absolute Gasteiger partial charge is 0.144 e. The number of aromatic nitrogens is 2. The zero-order valence-corrected chi connectivity index (χ0v) is 11.0. The second-order valence-electron chi connectivity index (χ2n) is 4.43. The Labute approximate surface area is 114 Å². The van der Waals surface area contributed by atoms with Crippen molar-refractivity contribution in [1.82, 2.24) is 9.97 Å². The predicted molar refractivity (Wildman–Crippen MR) is 78.9 cm³/mol. The van der Waals surface area contributed by atoms with Crippen molar-refractivity contribution >= 4 is 5.82 Å². The number of unbranched alkanes of at least 4 members (excludes halogenated alkanes) is 2. The van der Waals surface area contributed by atoms with E-state index in [2.05, 4.69) is 15.3 Å². The topological polar surface area (TPSA) is 63.8 Å². The van der Waals surface area contributed by atoms with Crippen LogP contribution in [0.15, 0.2) is 42.7 Å². The van der Waals surface area contributed by atoms with Crippen LogP contribution in [0.2, 0.25) is 0 Å². The van der Waals surface area contributed by atoms with Gasteiger partial charge < -0.3 is 11.1 Å². The fraction of sp³-hybridized carbons (Fsp3) is 0.333. The Morgan fingerprint density at radius 1 is 0.947 bits per heavy atom. The summed E-state index contributed by atoms with van der Waals surface area (Å²) in [5.74, 6) is 0.826. The fourth-order valence-electron chi connectivity index (χ4n) is 1.84. The molecule has 0 radical (unpaired) electrons. The molecular weight excluding hydrogens is 236 g/mol. The molecule has 2 rings (SSSR count). The predicted octanol–water partition coefficient (Wildman–Crippen LogP) is 2.68. The molecular formula is C15H20N4. The van der Waals surface area contributed by atoms with E-state index in [0.29, 0.717) is 0 Å². The lowest BCUT2D eigenvalue weighted by atomic mass is 10.2. The number of hydrogen-bond acceptors (Lipinski definition) is 4. The zero-order valence-electron chi connectivity index (χ0n) is 11.0. The highest BCUT2D eigenvalue weighted by molar-refractivity contribution is 5.58. The van der Waals surface area contributed by atoms with Crippen molar-refractivity contribution in [2.45, 2.75) is 19.3 Å². The van der Waals surface area contributed by atoms with Crippen LogP contribution >= 0.6 is 0 Å². The molecule has 100 valence electrons. The fourth-order valence-corrected chi connectivity index (χ4v) is 1.84. The number of nitrogens with one attached hydrogen (secondary N) is 1. The molecule has 1 heterocycles. The molecule has 0 bridgehead atoms. The van der Waals surface area contributed by atoms with Crippen LogP contribution in [0.4, 0.5) is 5.82 Å². The molecule has 0 atom stereocenters. The molecule has 2 aromatic rings. The molecule has 4 heteroatoms. The van der Waals surface area contributed by atoms with Crippen LogP contribution in [0.5, 0.6) is 0 Å². The Morgan fingerprint density at radius 3 is 2.47 bits per heavy atom. The lowest BCUT2D eigenvalue weighted by Gasteiger charge is -2.05. The summed E-state index contributed by atoms with van der Waals surface area (Å²) >= 11 is 0. The van der Waals surface area contributed by atoms with Gasteiger partial charge in [-0.25, -0.2) is 4.98 Å². The van der Waals surface area contributed by atoms with Crippen molar-refractivity contribution in [2.24, 2.45) is 5.73 Å². The van der Waals surface area contributed by atoms with Gasteiger partial charge in [0, 0.05) is 12.1 Å². The van der Waals surface area contributed by atoms with E-state index >= 15 is 0 Å². The zero-order chi connectivity index (χ0) is 13.3. The summed E-state index contributed by atoms with van der Waals surface area (Å²) in [5.41, 5.74) is 7.44. The van der Waals surface area contributed by atoms with Gasteiger partial charge >= 0.3 is 0 Å². The lowest BCUT2D eigenvalue weighted by Crippen LogP contribution is -2.05. The normalized spacial score (nSPS) is 10.4. The minimum Gasteiger partial charge on any atom is -0.369 e. The molecule has 0 saturated heterocycles.